The Morgan fingerprint density at radius 2 is 2.14 bits per heavy atom. The zero-order chi connectivity index (χ0) is 26.4. The zero-order valence-corrected chi connectivity index (χ0v) is 22.0. The number of hydrogen-bond acceptors (Lipinski definition) is 5. The molecular weight excluding hydrogens is 464 g/mol. The van der Waals surface area contributed by atoms with Gasteiger partial charge in [0.15, 0.2) is 11.5 Å². The van der Waals surface area contributed by atoms with Gasteiger partial charge in [-0.1, -0.05) is 30.2 Å². The van der Waals surface area contributed by atoms with Gasteiger partial charge >= 0.3 is 0 Å². The molecule has 2 N–H and O–H groups in total. The summed E-state index contributed by atoms with van der Waals surface area (Å²) in [6.45, 7) is 7.45. The highest BCUT2D eigenvalue weighted by Crippen LogP contribution is 2.61. The number of amides is 1. The number of aliphatic hydroxyl groups is 1. The fourth-order valence-electron chi connectivity index (χ4n) is 7.18. The number of methoxy groups -OCH3 is 1. The molecule has 6 heteroatoms. The third-order valence-electron chi connectivity index (χ3n) is 8.97. The lowest BCUT2D eigenvalue weighted by Crippen LogP contribution is -2.74. The Labute approximate surface area is 219 Å². The first-order valence-electron chi connectivity index (χ1n) is 13.1. The summed E-state index contributed by atoms with van der Waals surface area (Å²) in [5.74, 6) is 6.14. The maximum absolute atomic E-state index is 13.2. The largest absolute Gasteiger partial charge is 0.504 e. The molecule has 6 nitrogen and oxygen atoms in total. The van der Waals surface area contributed by atoms with Gasteiger partial charge in [-0.05, 0) is 74.9 Å². The van der Waals surface area contributed by atoms with Crippen LogP contribution in [0.15, 0.2) is 49.1 Å². The molecule has 2 bridgehead atoms. The molecule has 5 rings (SSSR count). The van der Waals surface area contributed by atoms with Crippen LogP contribution in [-0.2, 0) is 16.6 Å². The zero-order valence-electron chi connectivity index (χ0n) is 22.0. The summed E-state index contributed by atoms with van der Waals surface area (Å²) in [6, 6.07) is 11.3. The van der Waals surface area contributed by atoms with Gasteiger partial charge in [-0.3, -0.25) is 9.69 Å². The van der Waals surface area contributed by atoms with Crippen molar-refractivity contribution in [2.45, 2.75) is 62.1 Å². The molecule has 0 unspecified atom stereocenters. The van der Waals surface area contributed by atoms with E-state index in [1.807, 2.05) is 50.4 Å². The Kier molecular flexibility index (Phi) is 6.55. The van der Waals surface area contributed by atoms with Crippen molar-refractivity contribution in [1.82, 2.24) is 9.80 Å². The molecule has 0 aromatic heterocycles. The van der Waals surface area contributed by atoms with E-state index in [2.05, 4.69) is 23.3 Å². The molecule has 1 saturated heterocycles. The van der Waals surface area contributed by atoms with Crippen molar-refractivity contribution in [3.63, 3.8) is 0 Å². The molecule has 3 aliphatic rings. The smallest absolute Gasteiger partial charge is 0.298 e. The van der Waals surface area contributed by atoms with E-state index >= 15 is 0 Å². The minimum Gasteiger partial charge on any atom is -0.504 e. The molecule has 37 heavy (non-hydrogen) atoms. The number of fused-ring (bicyclic) bond motifs is 1. The Balaban J connectivity index is 1.52. The van der Waals surface area contributed by atoms with Crippen molar-refractivity contribution in [3.8, 4) is 23.3 Å². The molecule has 2 aliphatic carbocycles. The van der Waals surface area contributed by atoms with E-state index in [0.717, 1.165) is 28.8 Å². The van der Waals surface area contributed by atoms with Gasteiger partial charge in [0.25, 0.3) is 5.91 Å². The Morgan fingerprint density at radius 3 is 2.86 bits per heavy atom. The summed E-state index contributed by atoms with van der Waals surface area (Å²) in [5, 5.41) is 23.2. The van der Waals surface area contributed by atoms with Crippen molar-refractivity contribution >= 4 is 5.91 Å². The molecule has 2 aromatic carbocycles. The number of piperidine rings is 1. The van der Waals surface area contributed by atoms with Crippen LogP contribution in [0.4, 0.5) is 0 Å². The average molecular weight is 501 g/mol. The molecular formula is C31H36N2O4. The highest BCUT2D eigenvalue weighted by atomic mass is 16.5. The van der Waals surface area contributed by atoms with Crippen molar-refractivity contribution in [2.24, 2.45) is 0 Å². The third kappa shape index (κ3) is 4.02. The number of phenols is 1. The van der Waals surface area contributed by atoms with E-state index < -0.39 is 11.0 Å². The summed E-state index contributed by atoms with van der Waals surface area (Å²) in [5.41, 5.74) is 2.26. The van der Waals surface area contributed by atoms with Crippen LogP contribution in [0, 0.1) is 18.8 Å². The lowest BCUT2D eigenvalue weighted by atomic mass is 9.48. The summed E-state index contributed by atoms with van der Waals surface area (Å²) in [7, 11) is 3.38. The molecule has 1 heterocycles. The number of carbonyl (C=O) groups excluding carboxylic acids is 1. The van der Waals surface area contributed by atoms with E-state index in [-0.39, 0.29) is 23.7 Å². The molecule has 0 spiro atoms. The van der Waals surface area contributed by atoms with Crippen LogP contribution in [0.1, 0.15) is 47.9 Å². The number of aryl methyl sites for hydroxylation is 1. The average Bonchev–Trinajstić information content (AvgIpc) is 2.88. The van der Waals surface area contributed by atoms with Crippen LogP contribution < -0.4 is 4.74 Å². The van der Waals surface area contributed by atoms with Gasteiger partial charge in [0, 0.05) is 48.1 Å². The second-order valence-electron chi connectivity index (χ2n) is 10.8. The van der Waals surface area contributed by atoms with Gasteiger partial charge in [-0.15, -0.1) is 6.58 Å². The summed E-state index contributed by atoms with van der Waals surface area (Å²) in [6.07, 6.45) is 5.10. The van der Waals surface area contributed by atoms with Crippen molar-refractivity contribution in [1.29, 1.82) is 0 Å². The molecule has 2 fully saturated rings. The van der Waals surface area contributed by atoms with Gasteiger partial charge in [0.2, 0.25) is 0 Å². The number of likely N-dealkylation sites (tertiary alicyclic amines) is 1. The molecule has 0 radical (unpaired) electrons. The molecule has 1 aliphatic heterocycles. The monoisotopic (exact) mass is 500 g/mol. The van der Waals surface area contributed by atoms with E-state index in [9.17, 15) is 15.0 Å². The minimum atomic E-state index is -1.00. The van der Waals surface area contributed by atoms with Crippen LogP contribution in [0.25, 0.3) is 0 Å². The Bertz CT molecular complexity index is 1290. The number of benzene rings is 2. The number of rotatable bonds is 4. The summed E-state index contributed by atoms with van der Waals surface area (Å²) in [4.78, 5) is 17.2. The van der Waals surface area contributed by atoms with Crippen LogP contribution >= 0.6 is 0 Å². The highest BCUT2D eigenvalue weighted by molar-refractivity contribution is 5.94. The number of nitrogens with zero attached hydrogens (tertiary/aromatic N) is 2. The highest BCUT2D eigenvalue weighted by Gasteiger charge is 2.65. The fraction of sp³-hybridized carbons (Fsp3) is 0.452. The number of carbonyl (C=O) groups is 1. The van der Waals surface area contributed by atoms with E-state index in [0.29, 0.717) is 44.4 Å². The van der Waals surface area contributed by atoms with Crippen LogP contribution in [-0.4, -0.2) is 70.9 Å². The maximum Gasteiger partial charge on any atom is 0.298 e. The SMILES string of the molecule is C=CCN1CC[C@]23C[C@H](N(C)C(=O)C#Cc4cccc(C)c4)CC[C@@]2(O)[C@H]1Cc1ccc(O)c(OC)c13. The predicted octanol–water partition coefficient (Wildman–Crippen LogP) is 3.56. The number of aromatic hydroxyl groups is 1. The van der Waals surface area contributed by atoms with Crippen molar-refractivity contribution in [2.75, 3.05) is 27.2 Å². The molecule has 2 aromatic rings. The predicted molar refractivity (Wildman–Crippen MR) is 144 cm³/mol. The minimum absolute atomic E-state index is 0.0657. The van der Waals surface area contributed by atoms with Gasteiger partial charge in [0.1, 0.15) is 0 Å². The first-order chi connectivity index (χ1) is 17.7. The Morgan fingerprint density at radius 1 is 1.32 bits per heavy atom. The maximum atomic E-state index is 13.2. The quantitative estimate of drug-likeness (QED) is 0.496. The van der Waals surface area contributed by atoms with Crippen LogP contribution in [0.2, 0.25) is 0 Å². The van der Waals surface area contributed by atoms with E-state index in [1.54, 1.807) is 18.1 Å². The lowest BCUT2D eigenvalue weighted by Gasteiger charge is -2.65. The first kappa shape index (κ1) is 25.4. The summed E-state index contributed by atoms with van der Waals surface area (Å²) >= 11 is 0. The normalized spacial score (nSPS) is 28.2. The topological polar surface area (TPSA) is 73.2 Å². The molecule has 1 amide bonds. The number of phenolic OH excluding ortho intramolecular Hbond substituents is 1. The first-order valence-corrected chi connectivity index (χ1v) is 13.1. The number of hydrogen-bond donors (Lipinski definition) is 2. The third-order valence-corrected chi connectivity index (χ3v) is 8.97. The lowest BCUT2D eigenvalue weighted by molar-refractivity contribution is -0.175. The van der Waals surface area contributed by atoms with E-state index in [1.165, 1.54) is 0 Å². The van der Waals surface area contributed by atoms with Gasteiger partial charge < -0.3 is 19.8 Å². The van der Waals surface area contributed by atoms with Crippen LogP contribution in [0.5, 0.6) is 11.5 Å². The molecule has 1 saturated carbocycles. The van der Waals surface area contributed by atoms with E-state index in [4.69, 9.17) is 4.74 Å². The van der Waals surface area contributed by atoms with Crippen molar-refractivity contribution < 1.29 is 19.7 Å². The van der Waals surface area contributed by atoms with Gasteiger partial charge in [-0.25, -0.2) is 0 Å². The standard InChI is InChI=1S/C31H36N2O4/c1-5-16-33-17-15-30-20-24(32(3)27(35)12-9-22-8-6-7-21(2)18-22)13-14-31(30,36)26(33)19-23-10-11-25(34)29(37-4)28(23)30/h5-8,10-11,18,24,26,34,36H,1,13-17,19-20H2,2-4H3/t24-,26-,30-,31-/m1/s1. The Hall–Kier alpha value is -3.27. The van der Waals surface area contributed by atoms with Crippen molar-refractivity contribution in [3.05, 3.63) is 71.3 Å². The van der Waals surface area contributed by atoms with Gasteiger partial charge in [-0.2, -0.15) is 0 Å². The second-order valence-corrected chi connectivity index (χ2v) is 10.8. The number of ether oxygens (including phenoxy) is 1. The molecule has 4 atom stereocenters. The fourth-order valence-corrected chi connectivity index (χ4v) is 7.18. The van der Waals surface area contributed by atoms with Crippen LogP contribution in [0.3, 0.4) is 0 Å². The molecule has 194 valence electrons. The second kappa shape index (κ2) is 9.55. The van der Waals surface area contributed by atoms with Gasteiger partial charge in [0.05, 0.1) is 12.7 Å². The summed E-state index contributed by atoms with van der Waals surface area (Å²) < 4.78 is 5.74.